The molecular formula is C23H23NSe. The van der Waals surface area contributed by atoms with Crippen molar-refractivity contribution in [2.45, 2.75) is 34.1 Å². The predicted octanol–water partition coefficient (Wildman–Crippen LogP) is 5.93. The van der Waals surface area contributed by atoms with Crippen molar-refractivity contribution in [2.24, 2.45) is 5.92 Å². The first-order valence-electron chi connectivity index (χ1n) is 8.90. The molecule has 2 aromatic carbocycles. The number of aryl methyl sites for hydroxylation is 2. The standard InChI is InChI=1S/C23H23NSe/c1-14(2)10-17-6-5-7-19-20-8-9-24-21(23(20)25-22(17)19)18-12-15(3)11-16(4)13-18/h5-9,11-14H,10H2,1-4H3. The first kappa shape index (κ1) is 16.6. The van der Waals surface area contributed by atoms with E-state index >= 15 is 0 Å². The third-order valence-electron chi connectivity index (χ3n) is 4.62. The van der Waals surface area contributed by atoms with Crippen LogP contribution in [0.15, 0.2) is 48.7 Å². The van der Waals surface area contributed by atoms with E-state index in [1.54, 1.807) is 4.26 Å². The van der Waals surface area contributed by atoms with Crippen LogP contribution in [-0.4, -0.2) is 19.5 Å². The van der Waals surface area contributed by atoms with Gasteiger partial charge in [-0.1, -0.05) is 0 Å². The molecule has 1 nitrogen and oxygen atoms in total. The maximum atomic E-state index is 4.79. The number of rotatable bonds is 3. The third kappa shape index (κ3) is 3.05. The van der Waals surface area contributed by atoms with E-state index in [-0.39, 0.29) is 0 Å². The van der Waals surface area contributed by atoms with Gasteiger partial charge in [0.1, 0.15) is 0 Å². The molecular weight excluding hydrogens is 369 g/mol. The van der Waals surface area contributed by atoms with Crippen LogP contribution in [-0.2, 0) is 6.42 Å². The normalized spacial score (nSPS) is 11.7. The summed E-state index contributed by atoms with van der Waals surface area (Å²) in [5, 5.41) is 2.82. The van der Waals surface area contributed by atoms with Crippen molar-refractivity contribution >= 4 is 33.8 Å². The summed E-state index contributed by atoms with van der Waals surface area (Å²) in [6, 6.07) is 15.8. The summed E-state index contributed by atoms with van der Waals surface area (Å²) < 4.78 is 3.02. The third-order valence-corrected chi connectivity index (χ3v) is 7.35. The average molecular weight is 392 g/mol. The average Bonchev–Trinajstić information content (AvgIpc) is 2.93. The first-order valence-corrected chi connectivity index (χ1v) is 10.6. The number of fused-ring (bicyclic) bond motifs is 3. The molecule has 0 saturated carbocycles. The van der Waals surface area contributed by atoms with E-state index in [1.165, 1.54) is 43.0 Å². The van der Waals surface area contributed by atoms with Crippen molar-refractivity contribution in [3.8, 4) is 11.3 Å². The van der Waals surface area contributed by atoms with E-state index in [2.05, 4.69) is 70.2 Å². The molecule has 0 spiro atoms. The van der Waals surface area contributed by atoms with Crippen LogP contribution < -0.4 is 0 Å². The summed E-state index contributed by atoms with van der Waals surface area (Å²) >= 11 is 0.331. The zero-order chi connectivity index (χ0) is 17.6. The summed E-state index contributed by atoms with van der Waals surface area (Å²) in [5.41, 5.74) is 6.57. The number of nitrogens with zero attached hydrogens (tertiary/aromatic N) is 1. The molecule has 0 N–H and O–H groups in total. The molecule has 0 amide bonds. The minimum absolute atomic E-state index is 0.331. The van der Waals surface area contributed by atoms with Crippen LogP contribution in [0.5, 0.6) is 0 Å². The van der Waals surface area contributed by atoms with Gasteiger partial charge in [0.05, 0.1) is 0 Å². The Kier molecular flexibility index (Phi) is 4.27. The molecule has 126 valence electrons. The number of benzene rings is 2. The van der Waals surface area contributed by atoms with E-state index in [0.29, 0.717) is 20.4 Å². The molecule has 0 radical (unpaired) electrons. The molecule has 0 saturated heterocycles. The van der Waals surface area contributed by atoms with Crippen LogP contribution in [0.25, 0.3) is 30.6 Å². The summed E-state index contributed by atoms with van der Waals surface area (Å²) in [6.45, 7) is 8.94. The fraction of sp³-hybridized carbons (Fsp3) is 0.261. The molecule has 0 aliphatic heterocycles. The Morgan fingerprint density at radius 2 is 1.64 bits per heavy atom. The van der Waals surface area contributed by atoms with Gasteiger partial charge in [0.25, 0.3) is 0 Å². The van der Waals surface area contributed by atoms with Crippen LogP contribution >= 0.6 is 0 Å². The molecule has 2 heteroatoms. The van der Waals surface area contributed by atoms with Gasteiger partial charge in [-0.2, -0.15) is 0 Å². The van der Waals surface area contributed by atoms with Gasteiger partial charge in [-0.3, -0.25) is 0 Å². The van der Waals surface area contributed by atoms with E-state index in [9.17, 15) is 0 Å². The first-order chi connectivity index (χ1) is 12.0. The number of hydrogen-bond donors (Lipinski definition) is 0. The Labute approximate surface area is 155 Å². The van der Waals surface area contributed by atoms with Gasteiger partial charge < -0.3 is 0 Å². The molecule has 4 rings (SSSR count). The SMILES string of the molecule is Cc1cc(C)cc(-c2nccc3c2[se]c2c(CC(C)C)cccc23)c1. The molecule has 0 atom stereocenters. The maximum absolute atomic E-state index is 4.79. The van der Waals surface area contributed by atoms with Crippen LogP contribution in [0.1, 0.15) is 30.5 Å². The molecule has 2 heterocycles. The van der Waals surface area contributed by atoms with Crippen LogP contribution in [0.4, 0.5) is 0 Å². The Balaban J connectivity index is 2.01. The van der Waals surface area contributed by atoms with Gasteiger partial charge in [-0.25, -0.2) is 0 Å². The summed E-state index contributed by atoms with van der Waals surface area (Å²) in [6.07, 6.45) is 3.14. The molecule has 4 aromatic rings. The number of aromatic nitrogens is 1. The van der Waals surface area contributed by atoms with Crippen LogP contribution in [0.3, 0.4) is 0 Å². The number of hydrogen-bond acceptors (Lipinski definition) is 1. The monoisotopic (exact) mass is 393 g/mol. The molecule has 0 unspecified atom stereocenters. The topological polar surface area (TPSA) is 12.9 Å². The van der Waals surface area contributed by atoms with Crippen molar-refractivity contribution in [3.63, 3.8) is 0 Å². The van der Waals surface area contributed by atoms with E-state index in [4.69, 9.17) is 4.98 Å². The zero-order valence-corrected chi connectivity index (χ0v) is 17.0. The molecule has 25 heavy (non-hydrogen) atoms. The molecule has 0 aliphatic rings. The zero-order valence-electron chi connectivity index (χ0n) is 15.3. The summed E-state index contributed by atoms with van der Waals surface area (Å²) in [5.74, 6) is 0.683. The molecule has 0 aliphatic carbocycles. The van der Waals surface area contributed by atoms with E-state index < -0.39 is 0 Å². The summed E-state index contributed by atoms with van der Waals surface area (Å²) in [7, 11) is 0. The Morgan fingerprint density at radius 3 is 2.36 bits per heavy atom. The summed E-state index contributed by atoms with van der Waals surface area (Å²) in [4.78, 5) is 4.79. The molecule has 0 bridgehead atoms. The second-order valence-electron chi connectivity index (χ2n) is 7.41. The fourth-order valence-corrected chi connectivity index (χ4v) is 6.49. The molecule has 2 aromatic heterocycles. The van der Waals surface area contributed by atoms with Gasteiger partial charge in [0, 0.05) is 0 Å². The minimum atomic E-state index is 0.331. The number of pyridine rings is 1. The van der Waals surface area contributed by atoms with Gasteiger partial charge in [-0.15, -0.1) is 0 Å². The Hall–Kier alpha value is -1.89. The van der Waals surface area contributed by atoms with Gasteiger partial charge in [0.2, 0.25) is 0 Å². The van der Waals surface area contributed by atoms with Crippen molar-refractivity contribution < 1.29 is 0 Å². The Morgan fingerprint density at radius 1 is 0.920 bits per heavy atom. The van der Waals surface area contributed by atoms with Crippen molar-refractivity contribution in [2.75, 3.05) is 0 Å². The van der Waals surface area contributed by atoms with Gasteiger partial charge in [-0.05, 0) is 0 Å². The van der Waals surface area contributed by atoms with Crippen LogP contribution in [0, 0.1) is 19.8 Å². The van der Waals surface area contributed by atoms with Crippen LogP contribution in [0.2, 0.25) is 0 Å². The van der Waals surface area contributed by atoms with Gasteiger partial charge in [0.15, 0.2) is 0 Å². The van der Waals surface area contributed by atoms with E-state index in [0.717, 1.165) is 6.42 Å². The van der Waals surface area contributed by atoms with Crippen molar-refractivity contribution in [1.29, 1.82) is 0 Å². The van der Waals surface area contributed by atoms with Crippen molar-refractivity contribution in [1.82, 2.24) is 4.98 Å². The van der Waals surface area contributed by atoms with E-state index in [1.807, 2.05) is 6.20 Å². The van der Waals surface area contributed by atoms with Gasteiger partial charge >= 0.3 is 155 Å². The Bertz CT molecular complexity index is 1050. The second kappa shape index (κ2) is 6.44. The molecule has 0 fully saturated rings. The quantitative estimate of drug-likeness (QED) is 0.394. The second-order valence-corrected chi connectivity index (χ2v) is 9.55. The fourth-order valence-electron chi connectivity index (χ4n) is 3.70. The van der Waals surface area contributed by atoms with Crippen molar-refractivity contribution in [3.05, 3.63) is 65.4 Å². The predicted molar refractivity (Wildman–Crippen MR) is 110 cm³/mol.